The van der Waals surface area contributed by atoms with Crippen molar-refractivity contribution in [3.63, 3.8) is 0 Å². The van der Waals surface area contributed by atoms with Crippen LogP contribution in [0.25, 0.3) is 11.1 Å². The minimum absolute atomic E-state index is 0.230. The molecule has 0 amide bonds. The molecule has 0 aliphatic rings. The van der Waals surface area contributed by atoms with E-state index in [0.717, 1.165) is 22.4 Å². The molecule has 3 rings (SSSR count). The Kier molecular flexibility index (Phi) is 6.81. The minimum atomic E-state index is -0.386. The summed E-state index contributed by atoms with van der Waals surface area (Å²) in [4.78, 5) is 0. The highest BCUT2D eigenvalue weighted by atomic mass is 32.2. The van der Waals surface area contributed by atoms with Crippen LogP contribution in [0, 0.1) is 5.82 Å². The van der Waals surface area contributed by atoms with E-state index in [2.05, 4.69) is 10.2 Å². The Morgan fingerprint density at radius 1 is 1.04 bits per heavy atom. The van der Waals surface area contributed by atoms with Gasteiger partial charge < -0.3 is 10.5 Å². The first kappa shape index (κ1) is 19.6. The van der Waals surface area contributed by atoms with Crippen LogP contribution >= 0.6 is 11.8 Å². The predicted octanol–water partition coefficient (Wildman–Crippen LogP) is 5.08. The van der Waals surface area contributed by atoms with Crippen LogP contribution in [-0.2, 0) is 5.75 Å². The largest absolute Gasteiger partial charge is 0.494 e. The molecule has 0 aliphatic heterocycles. The Balaban J connectivity index is 1.59. The van der Waals surface area contributed by atoms with Crippen LogP contribution in [0.1, 0.15) is 11.1 Å². The zero-order valence-corrected chi connectivity index (χ0v) is 16.2. The normalized spacial score (nSPS) is 11.7. The zero-order valence-electron chi connectivity index (χ0n) is 15.4. The summed E-state index contributed by atoms with van der Waals surface area (Å²) in [6.45, 7) is 0. The summed E-state index contributed by atoms with van der Waals surface area (Å²) >= 11 is 1.44. The monoisotopic (exact) mass is 393 g/mol. The number of thioether (sulfide) groups is 1. The van der Waals surface area contributed by atoms with Gasteiger partial charge in [-0.3, -0.25) is 0 Å². The Bertz CT molecular complexity index is 973. The number of ether oxygens (including phenoxy) is 1. The van der Waals surface area contributed by atoms with Crippen LogP contribution in [0.5, 0.6) is 5.75 Å². The molecule has 0 heterocycles. The van der Waals surface area contributed by atoms with Crippen molar-refractivity contribution in [3.8, 4) is 16.9 Å². The summed E-state index contributed by atoms with van der Waals surface area (Å²) in [6.07, 6.45) is 1.63. The van der Waals surface area contributed by atoms with E-state index in [4.69, 9.17) is 10.5 Å². The molecule has 4 nitrogen and oxygen atoms in total. The van der Waals surface area contributed by atoms with Crippen molar-refractivity contribution >= 4 is 23.1 Å². The van der Waals surface area contributed by atoms with Crippen LogP contribution < -0.4 is 10.5 Å². The second-order valence-electron chi connectivity index (χ2n) is 5.93. The third-order valence-electron chi connectivity index (χ3n) is 3.99. The lowest BCUT2D eigenvalue weighted by molar-refractivity contribution is 0.386. The molecular formula is C22H20FN3OS. The lowest BCUT2D eigenvalue weighted by Gasteiger charge is -2.05. The molecule has 0 unspecified atom stereocenters. The Morgan fingerprint density at radius 3 is 2.43 bits per heavy atom. The van der Waals surface area contributed by atoms with E-state index in [1.165, 1.54) is 30.5 Å². The number of benzene rings is 3. The van der Waals surface area contributed by atoms with Crippen molar-refractivity contribution in [2.24, 2.45) is 15.9 Å². The van der Waals surface area contributed by atoms with Gasteiger partial charge in [0.25, 0.3) is 0 Å². The molecule has 0 fully saturated rings. The molecule has 0 bridgehead atoms. The highest BCUT2D eigenvalue weighted by Crippen LogP contribution is 2.25. The lowest BCUT2D eigenvalue weighted by atomic mass is 10.0. The van der Waals surface area contributed by atoms with Crippen LogP contribution in [-0.4, -0.2) is 18.5 Å². The molecule has 0 radical (unpaired) electrons. The molecule has 0 spiro atoms. The van der Waals surface area contributed by atoms with Gasteiger partial charge in [0.2, 0.25) is 0 Å². The van der Waals surface area contributed by atoms with Crippen molar-refractivity contribution in [2.75, 3.05) is 7.11 Å². The first-order chi connectivity index (χ1) is 13.7. The molecule has 0 aromatic heterocycles. The standard InChI is InChI=1S/C22H20FN3OS/c1-27-21-12-11-19(13-20(21)23)18-9-7-16(8-10-18)14-25-26-22(24)28-15-17-5-3-2-4-6-17/h2-14H,15H2,1H3,(H2,24,26). The highest BCUT2D eigenvalue weighted by molar-refractivity contribution is 8.13. The minimum Gasteiger partial charge on any atom is -0.494 e. The predicted molar refractivity (Wildman–Crippen MR) is 115 cm³/mol. The van der Waals surface area contributed by atoms with Gasteiger partial charge in [-0.2, -0.15) is 5.10 Å². The van der Waals surface area contributed by atoms with Gasteiger partial charge in [0, 0.05) is 5.75 Å². The lowest BCUT2D eigenvalue weighted by Crippen LogP contribution is -2.05. The van der Waals surface area contributed by atoms with Gasteiger partial charge >= 0.3 is 0 Å². The molecule has 28 heavy (non-hydrogen) atoms. The fourth-order valence-corrected chi connectivity index (χ4v) is 3.13. The summed E-state index contributed by atoms with van der Waals surface area (Å²) in [5.41, 5.74) is 9.62. The Hall–Kier alpha value is -3.12. The first-order valence-corrected chi connectivity index (χ1v) is 9.61. The fourth-order valence-electron chi connectivity index (χ4n) is 2.52. The average Bonchev–Trinajstić information content (AvgIpc) is 2.73. The number of nitrogens with zero attached hydrogens (tertiary/aromatic N) is 2. The number of nitrogens with two attached hydrogens (primary N) is 1. The van der Waals surface area contributed by atoms with E-state index in [1.807, 2.05) is 60.7 Å². The quantitative estimate of drug-likeness (QED) is 0.361. The van der Waals surface area contributed by atoms with Crippen LogP contribution in [0.3, 0.4) is 0 Å². The number of methoxy groups -OCH3 is 1. The molecule has 142 valence electrons. The van der Waals surface area contributed by atoms with E-state index in [0.29, 0.717) is 5.17 Å². The van der Waals surface area contributed by atoms with Crippen molar-refractivity contribution in [2.45, 2.75) is 5.75 Å². The molecule has 2 N–H and O–H groups in total. The second-order valence-corrected chi connectivity index (χ2v) is 6.92. The SMILES string of the molecule is COc1ccc(-c2ccc(C=NN=C(N)SCc3ccccc3)cc2)cc1F. The van der Waals surface area contributed by atoms with Gasteiger partial charge in [-0.1, -0.05) is 72.4 Å². The number of halogens is 1. The molecule has 3 aromatic carbocycles. The smallest absolute Gasteiger partial charge is 0.180 e. The maximum Gasteiger partial charge on any atom is 0.180 e. The topological polar surface area (TPSA) is 60.0 Å². The number of hydrogen-bond acceptors (Lipinski definition) is 4. The van der Waals surface area contributed by atoms with Crippen molar-refractivity contribution < 1.29 is 9.13 Å². The first-order valence-electron chi connectivity index (χ1n) is 8.63. The molecule has 0 aliphatic carbocycles. The molecule has 0 saturated heterocycles. The van der Waals surface area contributed by atoms with E-state index < -0.39 is 0 Å². The van der Waals surface area contributed by atoms with Gasteiger partial charge in [0.1, 0.15) is 0 Å². The van der Waals surface area contributed by atoms with Crippen LogP contribution in [0.15, 0.2) is 83.0 Å². The highest BCUT2D eigenvalue weighted by Gasteiger charge is 2.05. The van der Waals surface area contributed by atoms with E-state index in [9.17, 15) is 4.39 Å². The average molecular weight is 393 g/mol. The maximum absolute atomic E-state index is 13.9. The van der Waals surface area contributed by atoms with Crippen molar-refractivity contribution in [1.29, 1.82) is 0 Å². The van der Waals surface area contributed by atoms with Gasteiger partial charge in [0.05, 0.1) is 13.3 Å². The third-order valence-corrected chi connectivity index (χ3v) is 4.84. The molecule has 6 heteroatoms. The van der Waals surface area contributed by atoms with Gasteiger partial charge in [-0.15, -0.1) is 5.10 Å². The van der Waals surface area contributed by atoms with Gasteiger partial charge in [-0.05, 0) is 34.4 Å². The second kappa shape index (κ2) is 9.71. The molecular weight excluding hydrogens is 373 g/mol. The van der Waals surface area contributed by atoms with Gasteiger partial charge in [-0.25, -0.2) is 4.39 Å². The number of hydrogen-bond donors (Lipinski definition) is 1. The van der Waals surface area contributed by atoms with E-state index in [1.54, 1.807) is 12.3 Å². The summed E-state index contributed by atoms with van der Waals surface area (Å²) in [5, 5.41) is 8.45. The van der Waals surface area contributed by atoms with E-state index in [-0.39, 0.29) is 11.6 Å². The van der Waals surface area contributed by atoms with Gasteiger partial charge in [0.15, 0.2) is 16.7 Å². The molecule has 3 aromatic rings. The number of amidine groups is 1. The summed E-state index contributed by atoms with van der Waals surface area (Å²) in [6, 6.07) is 22.5. The number of rotatable bonds is 6. The van der Waals surface area contributed by atoms with Crippen LogP contribution in [0.2, 0.25) is 0 Å². The maximum atomic E-state index is 13.9. The molecule has 0 saturated carbocycles. The Morgan fingerprint density at radius 2 is 1.75 bits per heavy atom. The molecule has 0 atom stereocenters. The van der Waals surface area contributed by atoms with Crippen molar-refractivity contribution in [1.82, 2.24) is 0 Å². The zero-order chi connectivity index (χ0) is 19.8. The summed E-state index contributed by atoms with van der Waals surface area (Å²) in [7, 11) is 1.45. The fraction of sp³-hybridized carbons (Fsp3) is 0.0909. The summed E-state index contributed by atoms with van der Waals surface area (Å²) in [5.74, 6) is 0.593. The van der Waals surface area contributed by atoms with E-state index >= 15 is 0 Å². The Labute approximate surface area is 168 Å². The van der Waals surface area contributed by atoms with Crippen molar-refractivity contribution in [3.05, 3.63) is 89.7 Å². The summed E-state index contributed by atoms with van der Waals surface area (Å²) < 4.78 is 18.8. The van der Waals surface area contributed by atoms with Crippen LogP contribution in [0.4, 0.5) is 4.39 Å². The third kappa shape index (κ3) is 5.44.